The minimum atomic E-state index is -0.500. The van der Waals surface area contributed by atoms with Crippen LogP contribution in [0.15, 0.2) is 59.0 Å². The van der Waals surface area contributed by atoms with Crippen LogP contribution in [0, 0.1) is 21.4 Å². The predicted octanol–water partition coefficient (Wildman–Crippen LogP) is 3.59. The second-order valence-electron chi connectivity index (χ2n) is 7.14. The highest BCUT2D eigenvalue weighted by atomic mass is 16.6. The maximum absolute atomic E-state index is 12.7. The van der Waals surface area contributed by atoms with Crippen LogP contribution in [0.1, 0.15) is 27.5 Å². The molecule has 0 unspecified atom stereocenters. The van der Waals surface area contributed by atoms with Gasteiger partial charge >= 0.3 is 0 Å². The third kappa shape index (κ3) is 4.49. The molecule has 3 aromatic rings. The summed E-state index contributed by atoms with van der Waals surface area (Å²) in [5.41, 5.74) is 1.53. The highest BCUT2D eigenvalue weighted by Gasteiger charge is 2.26. The van der Waals surface area contributed by atoms with Gasteiger partial charge in [0.05, 0.1) is 4.92 Å². The van der Waals surface area contributed by atoms with E-state index in [4.69, 9.17) is 4.42 Å². The van der Waals surface area contributed by atoms with Gasteiger partial charge in [-0.25, -0.2) is 0 Å². The van der Waals surface area contributed by atoms with Crippen molar-refractivity contribution in [2.24, 2.45) is 0 Å². The quantitative estimate of drug-likeness (QED) is 0.449. The van der Waals surface area contributed by atoms with Gasteiger partial charge in [0.1, 0.15) is 6.07 Å². The van der Waals surface area contributed by atoms with Crippen LogP contribution < -0.4 is 4.90 Å². The Morgan fingerprint density at radius 2 is 1.75 bits per heavy atom. The van der Waals surface area contributed by atoms with E-state index in [1.165, 1.54) is 24.3 Å². The van der Waals surface area contributed by atoms with Crippen molar-refractivity contribution in [1.29, 1.82) is 5.26 Å². The van der Waals surface area contributed by atoms with Gasteiger partial charge in [-0.2, -0.15) is 10.2 Å². The first-order valence-electron chi connectivity index (χ1n) is 9.98. The molecule has 4 rings (SSSR count). The summed E-state index contributed by atoms with van der Waals surface area (Å²) in [7, 11) is 0. The zero-order valence-corrected chi connectivity index (χ0v) is 17.0. The number of nitro benzene ring substituents is 1. The monoisotopic (exact) mass is 429 g/mol. The molecule has 2 heterocycles. The van der Waals surface area contributed by atoms with E-state index in [0.717, 1.165) is 5.56 Å². The summed E-state index contributed by atoms with van der Waals surface area (Å²) < 4.78 is 5.82. The minimum Gasteiger partial charge on any atom is -0.420 e. The van der Waals surface area contributed by atoms with Crippen LogP contribution in [0.2, 0.25) is 0 Å². The van der Waals surface area contributed by atoms with Gasteiger partial charge in [-0.3, -0.25) is 14.9 Å². The smallest absolute Gasteiger partial charge is 0.269 e. The van der Waals surface area contributed by atoms with Gasteiger partial charge < -0.3 is 14.2 Å². The largest absolute Gasteiger partial charge is 0.420 e. The van der Waals surface area contributed by atoms with Gasteiger partial charge in [0, 0.05) is 50.0 Å². The molecule has 1 fully saturated rings. The summed E-state index contributed by atoms with van der Waals surface area (Å²) in [4.78, 5) is 30.8. The number of aromatic nitrogens is 1. The molecule has 0 atom stereocenters. The van der Waals surface area contributed by atoms with Gasteiger partial charge in [-0.1, -0.05) is 30.3 Å². The van der Waals surface area contributed by atoms with E-state index >= 15 is 0 Å². The zero-order chi connectivity index (χ0) is 22.5. The SMILES string of the molecule is N#Cc1nc(/C=C/c2ccccc2)oc1N1CCN(C(=O)c2ccc([N+](=O)[O-])cc2)CC1. The summed E-state index contributed by atoms with van der Waals surface area (Å²) in [5, 5.41) is 20.2. The molecule has 32 heavy (non-hydrogen) atoms. The maximum atomic E-state index is 12.7. The Kier molecular flexibility index (Phi) is 5.94. The molecule has 9 heteroatoms. The summed E-state index contributed by atoms with van der Waals surface area (Å²) in [6.45, 7) is 1.81. The van der Waals surface area contributed by atoms with Crippen LogP contribution in [0.25, 0.3) is 12.2 Å². The lowest BCUT2D eigenvalue weighted by Gasteiger charge is -2.34. The fourth-order valence-corrected chi connectivity index (χ4v) is 3.44. The molecule has 0 N–H and O–H groups in total. The second kappa shape index (κ2) is 9.14. The molecule has 0 saturated carbocycles. The van der Waals surface area contributed by atoms with Crippen LogP contribution in [0.3, 0.4) is 0 Å². The van der Waals surface area contributed by atoms with Crippen molar-refractivity contribution in [2.75, 3.05) is 31.1 Å². The van der Waals surface area contributed by atoms with Crippen molar-refractivity contribution < 1.29 is 14.1 Å². The summed E-state index contributed by atoms with van der Waals surface area (Å²) in [5.74, 6) is 0.538. The van der Waals surface area contributed by atoms with E-state index in [1.807, 2.05) is 41.3 Å². The molecule has 0 aliphatic carbocycles. The zero-order valence-electron chi connectivity index (χ0n) is 17.0. The minimum absolute atomic E-state index is 0.0576. The Morgan fingerprint density at radius 1 is 1.06 bits per heavy atom. The third-order valence-electron chi connectivity index (χ3n) is 5.13. The van der Waals surface area contributed by atoms with Crippen molar-refractivity contribution in [3.8, 4) is 6.07 Å². The molecule has 1 aliphatic rings. The molecule has 0 spiro atoms. The Labute approximate surface area is 184 Å². The average Bonchev–Trinajstić information content (AvgIpc) is 3.26. The Hall–Kier alpha value is -4.45. The first-order chi connectivity index (χ1) is 15.5. The van der Waals surface area contributed by atoms with Gasteiger partial charge in [-0.05, 0) is 23.8 Å². The van der Waals surface area contributed by atoms with Crippen LogP contribution in [0.4, 0.5) is 11.6 Å². The number of oxazole rings is 1. The van der Waals surface area contributed by atoms with Gasteiger partial charge in [0.2, 0.25) is 17.5 Å². The molecular weight excluding hydrogens is 410 g/mol. The highest BCUT2D eigenvalue weighted by Crippen LogP contribution is 2.25. The van der Waals surface area contributed by atoms with Crippen LogP contribution >= 0.6 is 0 Å². The molecule has 1 aliphatic heterocycles. The van der Waals surface area contributed by atoms with Crippen LogP contribution in [-0.4, -0.2) is 46.9 Å². The van der Waals surface area contributed by atoms with E-state index in [9.17, 15) is 20.2 Å². The molecule has 1 saturated heterocycles. The molecule has 0 bridgehead atoms. The predicted molar refractivity (Wildman–Crippen MR) is 118 cm³/mol. The summed E-state index contributed by atoms with van der Waals surface area (Å²) >= 11 is 0. The van der Waals surface area contributed by atoms with Crippen LogP contribution in [0.5, 0.6) is 0 Å². The number of nitro groups is 1. The second-order valence-corrected chi connectivity index (χ2v) is 7.14. The van der Waals surface area contributed by atoms with Crippen molar-refractivity contribution in [3.05, 3.63) is 87.4 Å². The number of hydrogen-bond acceptors (Lipinski definition) is 7. The first-order valence-corrected chi connectivity index (χ1v) is 9.98. The van der Waals surface area contributed by atoms with E-state index < -0.39 is 4.92 Å². The van der Waals surface area contributed by atoms with Gasteiger partial charge in [0.25, 0.3) is 11.6 Å². The molecule has 1 amide bonds. The maximum Gasteiger partial charge on any atom is 0.269 e. The fraction of sp³-hybridized carbons (Fsp3) is 0.174. The number of carbonyl (C=O) groups excluding carboxylic acids is 1. The Morgan fingerprint density at radius 3 is 2.38 bits per heavy atom. The Balaban J connectivity index is 1.42. The molecule has 160 valence electrons. The van der Waals surface area contributed by atoms with Crippen molar-refractivity contribution in [3.63, 3.8) is 0 Å². The highest BCUT2D eigenvalue weighted by molar-refractivity contribution is 5.94. The van der Waals surface area contributed by atoms with Crippen molar-refractivity contribution >= 4 is 29.6 Å². The van der Waals surface area contributed by atoms with E-state index in [0.29, 0.717) is 43.5 Å². The van der Waals surface area contributed by atoms with Crippen molar-refractivity contribution in [1.82, 2.24) is 9.88 Å². The van der Waals surface area contributed by atoms with Gasteiger partial charge in [-0.15, -0.1) is 0 Å². The molecule has 9 nitrogen and oxygen atoms in total. The summed E-state index contributed by atoms with van der Waals surface area (Å²) in [6, 6.07) is 17.3. The fourth-order valence-electron chi connectivity index (χ4n) is 3.44. The molecule has 0 radical (unpaired) electrons. The lowest BCUT2D eigenvalue weighted by molar-refractivity contribution is -0.384. The average molecular weight is 429 g/mol. The number of hydrogen-bond donors (Lipinski definition) is 0. The number of rotatable bonds is 5. The topological polar surface area (TPSA) is 117 Å². The summed E-state index contributed by atoms with van der Waals surface area (Å²) in [6.07, 6.45) is 3.58. The number of amides is 1. The number of nitriles is 1. The molecular formula is C23H19N5O4. The van der Waals surface area contributed by atoms with Crippen LogP contribution in [-0.2, 0) is 0 Å². The van der Waals surface area contributed by atoms with Gasteiger partial charge in [0.15, 0.2) is 0 Å². The van der Waals surface area contributed by atoms with E-state index in [1.54, 1.807) is 11.0 Å². The third-order valence-corrected chi connectivity index (χ3v) is 5.13. The van der Waals surface area contributed by atoms with E-state index in [-0.39, 0.29) is 17.3 Å². The van der Waals surface area contributed by atoms with E-state index in [2.05, 4.69) is 11.1 Å². The lowest BCUT2D eigenvalue weighted by Crippen LogP contribution is -2.48. The standard InChI is InChI=1S/C23H19N5O4/c24-16-20-23(32-21(25-20)11-6-17-4-2-1-3-5-17)27-14-12-26(13-15-27)22(29)18-7-9-19(10-8-18)28(30)31/h1-11H,12-15H2/b11-6+. The number of non-ortho nitro benzene ring substituents is 1. The normalized spacial score (nSPS) is 13.8. The first kappa shape index (κ1) is 20.8. The molecule has 2 aromatic carbocycles. The number of nitrogens with zero attached hydrogens (tertiary/aromatic N) is 5. The Bertz CT molecular complexity index is 1190. The molecule has 1 aromatic heterocycles. The number of benzene rings is 2. The number of anilines is 1. The number of piperazine rings is 1. The lowest BCUT2D eigenvalue weighted by atomic mass is 10.1. The number of carbonyl (C=O) groups is 1. The van der Waals surface area contributed by atoms with Crippen molar-refractivity contribution in [2.45, 2.75) is 0 Å².